The van der Waals surface area contributed by atoms with E-state index < -0.39 is 12.1 Å². The van der Waals surface area contributed by atoms with Gasteiger partial charge in [-0.1, -0.05) is 20.8 Å². The van der Waals surface area contributed by atoms with Gasteiger partial charge in [-0.15, -0.1) is 0 Å². The van der Waals surface area contributed by atoms with Crippen LogP contribution in [0.2, 0.25) is 0 Å². The second-order valence-electron chi connectivity index (χ2n) is 9.56. The molecule has 0 bridgehead atoms. The first kappa shape index (κ1) is 20.4. The van der Waals surface area contributed by atoms with E-state index in [1.54, 1.807) is 17.0 Å². The van der Waals surface area contributed by atoms with Gasteiger partial charge in [0.2, 0.25) is 17.7 Å². The summed E-state index contributed by atoms with van der Waals surface area (Å²) in [4.78, 5) is 54.5. The molecule has 3 fully saturated rings. The van der Waals surface area contributed by atoms with E-state index in [9.17, 15) is 19.2 Å². The molecule has 0 spiro atoms. The lowest BCUT2D eigenvalue weighted by molar-refractivity contribution is -0.145. The van der Waals surface area contributed by atoms with Gasteiger partial charge in [0.15, 0.2) is 5.76 Å². The molecule has 1 aromatic rings. The van der Waals surface area contributed by atoms with E-state index in [0.717, 1.165) is 0 Å². The lowest BCUT2D eigenvalue weighted by Gasteiger charge is -2.31. The zero-order valence-electron chi connectivity index (χ0n) is 17.5. The van der Waals surface area contributed by atoms with Crippen molar-refractivity contribution in [2.24, 2.45) is 5.41 Å². The smallest absolute Gasteiger partial charge is 0.287 e. The molecule has 4 unspecified atom stereocenters. The third-order valence-corrected chi connectivity index (χ3v) is 5.95. The van der Waals surface area contributed by atoms with Gasteiger partial charge in [0.05, 0.1) is 12.3 Å². The molecule has 0 aliphatic carbocycles. The van der Waals surface area contributed by atoms with Crippen molar-refractivity contribution in [3.05, 3.63) is 24.2 Å². The van der Waals surface area contributed by atoms with Gasteiger partial charge in [-0.25, -0.2) is 0 Å². The van der Waals surface area contributed by atoms with Crippen molar-refractivity contribution in [2.45, 2.75) is 64.2 Å². The first-order chi connectivity index (χ1) is 14.1. The van der Waals surface area contributed by atoms with Crippen LogP contribution in [-0.2, 0) is 14.4 Å². The fraction of sp³-hybridized carbons (Fsp3) is 0.619. The second kappa shape index (κ2) is 7.45. The first-order valence-corrected chi connectivity index (χ1v) is 10.4. The van der Waals surface area contributed by atoms with Crippen LogP contribution >= 0.6 is 0 Å². The number of rotatable bonds is 3. The van der Waals surface area contributed by atoms with Gasteiger partial charge in [0, 0.05) is 25.6 Å². The van der Waals surface area contributed by atoms with Crippen molar-refractivity contribution in [3.8, 4) is 0 Å². The van der Waals surface area contributed by atoms with Crippen molar-refractivity contribution in [3.63, 3.8) is 0 Å². The van der Waals surface area contributed by atoms with Crippen molar-refractivity contribution in [1.29, 1.82) is 0 Å². The Morgan fingerprint density at radius 1 is 1.30 bits per heavy atom. The van der Waals surface area contributed by atoms with Crippen LogP contribution in [0.1, 0.15) is 50.6 Å². The van der Waals surface area contributed by atoms with Crippen molar-refractivity contribution >= 4 is 23.6 Å². The van der Waals surface area contributed by atoms with Crippen LogP contribution in [0, 0.1) is 5.41 Å². The van der Waals surface area contributed by atoms with E-state index >= 15 is 0 Å². The van der Waals surface area contributed by atoms with E-state index in [-0.39, 0.29) is 53.4 Å². The molecule has 4 amide bonds. The maximum absolute atomic E-state index is 13.4. The summed E-state index contributed by atoms with van der Waals surface area (Å²) in [7, 11) is 0. The number of nitrogens with one attached hydrogen (secondary N) is 2. The summed E-state index contributed by atoms with van der Waals surface area (Å²) in [5, 5.41) is 5.80. The Labute approximate surface area is 175 Å². The predicted octanol–water partition coefficient (Wildman–Crippen LogP) is 0.514. The minimum Gasteiger partial charge on any atom is -0.459 e. The highest BCUT2D eigenvalue weighted by atomic mass is 16.3. The van der Waals surface area contributed by atoms with Gasteiger partial charge in [0.25, 0.3) is 5.91 Å². The summed E-state index contributed by atoms with van der Waals surface area (Å²) in [5.41, 5.74) is -0.191. The highest BCUT2D eigenvalue weighted by Gasteiger charge is 2.52. The molecule has 4 rings (SSSR count). The summed E-state index contributed by atoms with van der Waals surface area (Å²) in [6.07, 6.45) is 2.65. The van der Waals surface area contributed by atoms with E-state index in [1.165, 1.54) is 11.2 Å². The topological polar surface area (TPSA) is 112 Å². The standard InChI is InChI=1S/C21H28N4O5/c1-21(2,3)10-16(26)24-7-6-13-17(24)20(29)25-11-12(9-14(25)18(27)23-13)22-19(28)15-5-4-8-30-15/h4-5,8,12-14,17H,6-7,9-11H2,1-3H3,(H,22,28)(H,23,27). The second-order valence-corrected chi connectivity index (χ2v) is 9.56. The van der Waals surface area contributed by atoms with Gasteiger partial charge in [-0.2, -0.15) is 0 Å². The quantitative estimate of drug-likeness (QED) is 0.746. The number of furan rings is 1. The molecule has 3 aliphatic rings. The Morgan fingerprint density at radius 2 is 2.07 bits per heavy atom. The minimum atomic E-state index is -0.687. The number of carbonyl (C=O) groups is 4. The molecule has 0 aromatic carbocycles. The highest BCUT2D eigenvalue weighted by Crippen LogP contribution is 2.31. The molecule has 0 radical (unpaired) electrons. The largest absolute Gasteiger partial charge is 0.459 e. The Balaban J connectivity index is 1.50. The number of nitrogens with zero attached hydrogens (tertiary/aromatic N) is 2. The molecule has 30 heavy (non-hydrogen) atoms. The summed E-state index contributed by atoms with van der Waals surface area (Å²) in [5.74, 6) is -0.717. The van der Waals surface area contributed by atoms with Crippen molar-refractivity contribution in [2.75, 3.05) is 13.1 Å². The van der Waals surface area contributed by atoms with Gasteiger partial charge < -0.3 is 24.9 Å². The lowest BCUT2D eigenvalue weighted by atomic mass is 9.91. The number of carbonyl (C=O) groups excluding carboxylic acids is 4. The molecule has 1 aromatic heterocycles. The molecule has 4 atom stereocenters. The van der Waals surface area contributed by atoms with E-state index in [1.807, 2.05) is 20.8 Å². The fourth-order valence-electron chi connectivity index (χ4n) is 4.63. The molecule has 162 valence electrons. The normalized spacial score (nSPS) is 28.6. The summed E-state index contributed by atoms with van der Waals surface area (Å²) in [6, 6.07) is 1.12. The van der Waals surface area contributed by atoms with E-state index in [2.05, 4.69) is 10.6 Å². The van der Waals surface area contributed by atoms with Crippen LogP contribution in [0.3, 0.4) is 0 Å². The lowest BCUT2D eigenvalue weighted by Crippen LogP contribution is -2.53. The van der Waals surface area contributed by atoms with Gasteiger partial charge in [-0.3, -0.25) is 19.2 Å². The molecule has 3 aliphatic heterocycles. The number of fused-ring (bicyclic) bond motifs is 2. The zero-order chi connectivity index (χ0) is 21.6. The van der Waals surface area contributed by atoms with Crippen molar-refractivity contribution < 1.29 is 23.6 Å². The minimum absolute atomic E-state index is 0.0714. The first-order valence-electron chi connectivity index (χ1n) is 10.4. The van der Waals surface area contributed by atoms with Gasteiger partial charge >= 0.3 is 0 Å². The maximum Gasteiger partial charge on any atom is 0.287 e. The number of amides is 4. The molecular formula is C21H28N4O5. The third kappa shape index (κ3) is 3.80. The van der Waals surface area contributed by atoms with Crippen LogP contribution < -0.4 is 10.6 Å². The summed E-state index contributed by atoms with van der Waals surface area (Å²) < 4.78 is 5.11. The number of likely N-dealkylation sites (tertiary alicyclic amines) is 1. The molecule has 4 heterocycles. The maximum atomic E-state index is 13.4. The Hall–Kier alpha value is -2.84. The summed E-state index contributed by atoms with van der Waals surface area (Å²) in [6.45, 7) is 6.63. The zero-order valence-corrected chi connectivity index (χ0v) is 17.5. The molecule has 2 N–H and O–H groups in total. The Kier molecular flexibility index (Phi) is 5.07. The average molecular weight is 416 g/mol. The molecule has 0 saturated carbocycles. The van der Waals surface area contributed by atoms with Crippen LogP contribution in [0.4, 0.5) is 0 Å². The van der Waals surface area contributed by atoms with E-state index in [4.69, 9.17) is 4.42 Å². The number of hydrogen-bond donors (Lipinski definition) is 2. The molecule has 3 saturated heterocycles. The Bertz CT molecular complexity index is 859. The molecular weight excluding hydrogens is 388 g/mol. The molecule has 9 heteroatoms. The van der Waals surface area contributed by atoms with Gasteiger partial charge in [0.1, 0.15) is 12.1 Å². The van der Waals surface area contributed by atoms with E-state index in [0.29, 0.717) is 25.8 Å². The van der Waals surface area contributed by atoms with Crippen molar-refractivity contribution in [1.82, 2.24) is 20.4 Å². The van der Waals surface area contributed by atoms with Crippen LogP contribution in [0.15, 0.2) is 22.8 Å². The van der Waals surface area contributed by atoms with Crippen LogP contribution in [-0.4, -0.2) is 70.7 Å². The fourth-order valence-corrected chi connectivity index (χ4v) is 4.63. The SMILES string of the molecule is CC(C)(C)CC(=O)N1CCC2NC(=O)C3CC(NC(=O)c4ccco4)CN3C(=O)C21. The monoisotopic (exact) mass is 416 g/mol. The van der Waals surface area contributed by atoms with Crippen LogP contribution in [0.25, 0.3) is 0 Å². The van der Waals surface area contributed by atoms with Gasteiger partial charge in [-0.05, 0) is 30.4 Å². The highest BCUT2D eigenvalue weighted by molar-refractivity contribution is 5.97. The molecule has 9 nitrogen and oxygen atoms in total. The third-order valence-electron chi connectivity index (χ3n) is 5.95. The van der Waals surface area contributed by atoms with Crippen LogP contribution in [0.5, 0.6) is 0 Å². The predicted molar refractivity (Wildman–Crippen MR) is 106 cm³/mol. The summed E-state index contributed by atoms with van der Waals surface area (Å²) >= 11 is 0. The Morgan fingerprint density at radius 3 is 2.73 bits per heavy atom. The average Bonchev–Trinajstić information content (AvgIpc) is 3.38. The number of hydrogen-bond acceptors (Lipinski definition) is 5.